The molecule has 14 heavy (non-hydrogen) atoms. The maximum Gasteiger partial charge on any atom is 0.0252 e. The van der Waals surface area contributed by atoms with E-state index in [-0.39, 0.29) is 5.54 Å². The van der Waals surface area contributed by atoms with Crippen LogP contribution in [0.5, 0.6) is 0 Å². The predicted octanol–water partition coefficient (Wildman–Crippen LogP) is 2.14. The maximum absolute atomic E-state index is 6.14. The lowest BCUT2D eigenvalue weighted by molar-refractivity contribution is 0.386. The second-order valence-electron chi connectivity index (χ2n) is 5.92. The maximum atomic E-state index is 6.14. The molecule has 0 aromatic rings. The summed E-state index contributed by atoms with van der Waals surface area (Å²) in [5.41, 5.74) is 6.71. The lowest BCUT2D eigenvalue weighted by Gasteiger charge is -2.24. The van der Waals surface area contributed by atoms with E-state index in [2.05, 4.69) is 33.0 Å². The molecule has 0 aliphatic heterocycles. The first-order valence-corrected chi connectivity index (χ1v) is 5.87. The van der Waals surface area contributed by atoms with Gasteiger partial charge >= 0.3 is 0 Å². The largest absolute Gasteiger partial charge is 0.324 e. The number of hydrogen-bond acceptors (Lipinski definition) is 2. The standard InChI is InChI=1S/C12H26N2/c1-5-6-12(4,13)9-14-8-10-7-11(10,2)3/h10,14H,5-9,13H2,1-4H3. The summed E-state index contributed by atoms with van der Waals surface area (Å²) in [6.45, 7) is 11.1. The Balaban J connectivity index is 2.09. The monoisotopic (exact) mass is 198 g/mol. The Morgan fingerprint density at radius 1 is 1.50 bits per heavy atom. The molecule has 0 amide bonds. The summed E-state index contributed by atoms with van der Waals surface area (Å²) in [4.78, 5) is 0. The highest BCUT2D eigenvalue weighted by molar-refractivity contribution is 4.96. The van der Waals surface area contributed by atoms with E-state index in [0.29, 0.717) is 5.41 Å². The van der Waals surface area contributed by atoms with Gasteiger partial charge in [0.2, 0.25) is 0 Å². The molecule has 2 heteroatoms. The first-order chi connectivity index (χ1) is 6.37. The first kappa shape index (κ1) is 12.0. The van der Waals surface area contributed by atoms with Crippen molar-refractivity contribution in [2.24, 2.45) is 17.1 Å². The fraction of sp³-hybridized carbons (Fsp3) is 1.00. The van der Waals surface area contributed by atoms with Crippen molar-refractivity contribution in [2.75, 3.05) is 13.1 Å². The highest BCUT2D eigenvalue weighted by atomic mass is 14.9. The van der Waals surface area contributed by atoms with E-state index >= 15 is 0 Å². The molecule has 84 valence electrons. The van der Waals surface area contributed by atoms with Gasteiger partial charge in [-0.2, -0.15) is 0 Å². The van der Waals surface area contributed by atoms with Gasteiger partial charge in [0.15, 0.2) is 0 Å². The summed E-state index contributed by atoms with van der Waals surface area (Å²) in [6.07, 6.45) is 3.65. The number of rotatable bonds is 6. The van der Waals surface area contributed by atoms with Crippen molar-refractivity contribution in [2.45, 2.75) is 52.5 Å². The molecule has 0 spiro atoms. The highest BCUT2D eigenvalue weighted by Gasteiger charge is 2.44. The molecule has 3 N–H and O–H groups in total. The molecule has 0 heterocycles. The molecular formula is C12H26N2. The summed E-state index contributed by atoms with van der Waals surface area (Å²) in [5.74, 6) is 0.875. The zero-order chi connectivity index (χ0) is 10.8. The van der Waals surface area contributed by atoms with Crippen LogP contribution in [0.4, 0.5) is 0 Å². The normalized spacial score (nSPS) is 28.5. The van der Waals surface area contributed by atoms with Gasteiger partial charge in [0.05, 0.1) is 0 Å². The quantitative estimate of drug-likeness (QED) is 0.686. The van der Waals surface area contributed by atoms with Gasteiger partial charge in [-0.3, -0.25) is 0 Å². The van der Waals surface area contributed by atoms with Crippen molar-refractivity contribution in [3.8, 4) is 0 Å². The van der Waals surface area contributed by atoms with E-state index in [1.54, 1.807) is 0 Å². The molecule has 2 unspecified atom stereocenters. The van der Waals surface area contributed by atoms with Gasteiger partial charge in [0, 0.05) is 12.1 Å². The molecule has 1 aliphatic carbocycles. The van der Waals surface area contributed by atoms with E-state index < -0.39 is 0 Å². The molecule has 2 atom stereocenters. The predicted molar refractivity (Wildman–Crippen MR) is 62.3 cm³/mol. The van der Waals surface area contributed by atoms with Crippen LogP contribution in [-0.2, 0) is 0 Å². The Bertz CT molecular complexity index is 185. The van der Waals surface area contributed by atoms with Gasteiger partial charge in [-0.25, -0.2) is 0 Å². The fourth-order valence-electron chi connectivity index (χ4n) is 2.12. The van der Waals surface area contributed by atoms with Crippen LogP contribution in [0.3, 0.4) is 0 Å². The van der Waals surface area contributed by atoms with Gasteiger partial charge in [0.25, 0.3) is 0 Å². The minimum Gasteiger partial charge on any atom is -0.324 e. The van der Waals surface area contributed by atoms with Gasteiger partial charge in [-0.1, -0.05) is 27.2 Å². The average Bonchev–Trinajstić information content (AvgIpc) is 2.58. The molecular weight excluding hydrogens is 172 g/mol. The van der Waals surface area contributed by atoms with E-state index in [1.165, 1.54) is 12.8 Å². The third kappa shape index (κ3) is 3.58. The fourth-order valence-corrected chi connectivity index (χ4v) is 2.12. The third-order valence-corrected chi connectivity index (χ3v) is 3.46. The minimum atomic E-state index is -0.0201. The molecule has 1 fully saturated rings. The molecule has 0 radical (unpaired) electrons. The van der Waals surface area contributed by atoms with Crippen molar-refractivity contribution in [1.29, 1.82) is 0 Å². The Hall–Kier alpha value is -0.0800. The van der Waals surface area contributed by atoms with Crippen LogP contribution in [-0.4, -0.2) is 18.6 Å². The lowest BCUT2D eigenvalue weighted by atomic mass is 9.97. The second-order valence-corrected chi connectivity index (χ2v) is 5.92. The summed E-state index contributed by atoms with van der Waals surface area (Å²) in [5, 5.41) is 3.50. The van der Waals surface area contributed by atoms with Crippen molar-refractivity contribution in [3.05, 3.63) is 0 Å². The van der Waals surface area contributed by atoms with E-state index in [9.17, 15) is 0 Å². The summed E-state index contributed by atoms with van der Waals surface area (Å²) in [7, 11) is 0. The van der Waals surface area contributed by atoms with Crippen LogP contribution in [0, 0.1) is 11.3 Å². The van der Waals surface area contributed by atoms with Crippen molar-refractivity contribution >= 4 is 0 Å². The van der Waals surface area contributed by atoms with Crippen LogP contribution in [0.2, 0.25) is 0 Å². The Morgan fingerprint density at radius 3 is 2.50 bits per heavy atom. The van der Waals surface area contributed by atoms with Crippen LogP contribution in [0.1, 0.15) is 47.0 Å². The molecule has 0 aromatic heterocycles. The highest BCUT2D eigenvalue weighted by Crippen LogP contribution is 2.50. The topological polar surface area (TPSA) is 38.0 Å². The first-order valence-electron chi connectivity index (χ1n) is 5.87. The third-order valence-electron chi connectivity index (χ3n) is 3.46. The number of nitrogens with one attached hydrogen (secondary N) is 1. The molecule has 1 rings (SSSR count). The smallest absolute Gasteiger partial charge is 0.0252 e. The van der Waals surface area contributed by atoms with Gasteiger partial charge in [-0.05, 0) is 37.6 Å². The zero-order valence-electron chi connectivity index (χ0n) is 10.2. The summed E-state index contributed by atoms with van der Waals surface area (Å²) in [6, 6.07) is 0. The molecule has 1 aliphatic rings. The van der Waals surface area contributed by atoms with Crippen molar-refractivity contribution in [3.63, 3.8) is 0 Å². The van der Waals surface area contributed by atoms with Crippen LogP contribution >= 0.6 is 0 Å². The lowest BCUT2D eigenvalue weighted by Crippen LogP contribution is -2.46. The van der Waals surface area contributed by atoms with E-state index in [0.717, 1.165) is 25.4 Å². The van der Waals surface area contributed by atoms with Gasteiger partial charge < -0.3 is 11.1 Å². The summed E-state index contributed by atoms with van der Waals surface area (Å²) >= 11 is 0. The molecule has 0 aromatic carbocycles. The second kappa shape index (κ2) is 4.19. The number of nitrogens with two attached hydrogens (primary N) is 1. The SMILES string of the molecule is CCCC(C)(N)CNCC1CC1(C)C. The van der Waals surface area contributed by atoms with Gasteiger partial charge in [-0.15, -0.1) is 0 Å². The molecule has 2 nitrogen and oxygen atoms in total. The zero-order valence-corrected chi connectivity index (χ0v) is 10.2. The average molecular weight is 198 g/mol. The minimum absolute atomic E-state index is 0.0201. The van der Waals surface area contributed by atoms with E-state index in [1.807, 2.05) is 0 Å². The van der Waals surface area contributed by atoms with Crippen molar-refractivity contribution in [1.82, 2.24) is 5.32 Å². The summed E-state index contributed by atoms with van der Waals surface area (Å²) < 4.78 is 0. The molecule has 0 bridgehead atoms. The van der Waals surface area contributed by atoms with Gasteiger partial charge in [0.1, 0.15) is 0 Å². The van der Waals surface area contributed by atoms with Crippen molar-refractivity contribution < 1.29 is 0 Å². The Morgan fingerprint density at radius 2 is 2.07 bits per heavy atom. The Labute approximate surface area is 88.6 Å². The van der Waals surface area contributed by atoms with E-state index in [4.69, 9.17) is 5.73 Å². The molecule has 1 saturated carbocycles. The number of hydrogen-bond donors (Lipinski definition) is 2. The van der Waals surface area contributed by atoms with Crippen LogP contribution in [0.25, 0.3) is 0 Å². The molecule has 0 saturated heterocycles. The Kier molecular flexibility index (Phi) is 3.59. The van der Waals surface area contributed by atoms with Crippen LogP contribution in [0.15, 0.2) is 0 Å². The van der Waals surface area contributed by atoms with Crippen LogP contribution < -0.4 is 11.1 Å².